The molecule has 1 aliphatic rings. The van der Waals surface area contributed by atoms with E-state index < -0.39 is 0 Å². The van der Waals surface area contributed by atoms with Crippen molar-refractivity contribution in [1.29, 1.82) is 0 Å². The fourth-order valence-electron chi connectivity index (χ4n) is 2.94. The molecule has 1 aliphatic heterocycles. The molecule has 0 spiro atoms. The second kappa shape index (κ2) is 5.44. The summed E-state index contributed by atoms with van der Waals surface area (Å²) < 4.78 is 2.15. The lowest BCUT2D eigenvalue weighted by Crippen LogP contribution is -2.37. The maximum atomic E-state index is 4.41. The van der Waals surface area contributed by atoms with E-state index in [2.05, 4.69) is 77.9 Å². The van der Waals surface area contributed by atoms with Crippen LogP contribution in [0.1, 0.15) is 23.9 Å². The van der Waals surface area contributed by atoms with Crippen molar-refractivity contribution >= 4 is 5.69 Å². The van der Waals surface area contributed by atoms with Gasteiger partial charge in [-0.25, -0.2) is 4.57 Å². The van der Waals surface area contributed by atoms with Gasteiger partial charge >= 0.3 is 0 Å². The number of hydrogen-bond donors (Lipinski definition) is 0. The Labute approximate surface area is 132 Å². The van der Waals surface area contributed by atoms with Crippen LogP contribution in [0, 0.1) is 20.8 Å². The van der Waals surface area contributed by atoms with Gasteiger partial charge in [0.1, 0.15) is 24.2 Å². The lowest BCUT2D eigenvalue weighted by atomic mass is 10.1. The van der Waals surface area contributed by atoms with Crippen molar-refractivity contribution in [3.8, 4) is 5.69 Å². The molecule has 114 valence electrons. The molecule has 4 heteroatoms. The second-order valence-corrected chi connectivity index (χ2v) is 5.97. The zero-order chi connectivity index (χ0) is 15.9. The quantitative estimate of drug-likeness (QED) is 0.796. The molecular weight excluding hydrogens is 272 g/mol. The summed E-state index contributed by atoms with van der Waals surface area (Å²) in [5, 5.41) is 0. The van der Waals surface area contributed by atoms with Gasteiger partial charge in [-0.15, -0.1) is 0 Å². The molecule has 0 N–H and O–H groups in total. The summed E-state index contributed by atoms with van der Waals surface area (Å²) in [6.45, 7) is 8.58. The largest absolute Gasteiger partial charge is 0.359 e. The van der Waals surface area contributed by atoms with Crippen LogP contribution in [-0.2, 0) is 0 Å². The molecule has 2 aromatic rings. The van der Waals surface area contributed by atoms with Gasteiger partial charge in [0.15, 0.2) is 0 Å². The van der Waals surface area contributed by atoms with Crippen LogP contribution < -0.4 is 9.47 Å². The molecule has 22 heavy (non-hydrogen) atoms. The lowest BCUT2D eigenvalue weighted by Gasteiger charge is -2.29. The van der Waals surface area contributed by atoms with Gasteiger partial charge in [-0.2, -0.15) is 0 Å². The van der Waals surface area contributed by atoms with Crippen molar-refractivity contribution < 1.29 is 4.57 Å². The van der Waals surface area contributed by atoms with Crippen molar-refractivity contribution in [3.05, 3.63) is 59.9 Å². The monoisotopic (exact) mass is 295 g/mol. The molecule has 1 aromatic heterocycles. The zero-order valence-corrected chi connectivity index (χ0v) is 13.9. The number of benzene rings is 1. The number of rotatable bonds is 2. The predicted octanol–water partition coefficient (Wildman–Crippen LogP) is 2.85. The zero-order valence-electron chi connectivity index (χ0n) is 13.9. The molecule has 2 heterocycles. The molecule has 1 atom stereocenters. The van der Waals surface area contributed by atoms with E-state index >= 15 is 0 Å². The van der Waals surface area contributed by atoms with E-state index in [4.69, 9.17) is 0 Å². The molecule has 0 radical (unpaired) electrons. The Kier molecular flexibility index (Phi) is 3.61. The average molecular weight is 295 g/mol. The summed E-state index contributed by atoms with van der Waals surface area (Å²) in [4.78, 5) is 8.94. The van der Waals surface area contributed by atoms with Crippen molar-refractivity contribution in [3.63, 3.8) is 0 Å². The third kappa shape index (κ3) is 2.34. The highest BCUT2D eigenvalue weighted by molar-refractivity contribution is 5.63. The van der Waals surface area contributed by atoms with E-state index in [9.17, 15) is 0 Å². The smallest absolute Gasteiger partial charge is 0.300 e. The molecule has 0 unspecified atom stereocenters. The summed E-state index contributed by atoms with van der Waals surface area (Å²) in [6.07, 6.45) is 8.50. The SMILES string of the molecule is Cc1cc(N2C=CN(C)[C@H]2C)c(C)c(-[n+]2cccnc2C)c1. The number of nitrogens with zero attached hydrogens (tertiary/aromatic N) is 4. The third-order valence-electron chi connectivity index (χ3n) is 4.42. The lowest BCUT2D eigenvalue weighted by molar-refractivity contribution is -0.606. The summed E-state index contributed by atoms with van der Waals surface area (Å²) in [6, 6.07) is 6.45. The first kappa shape index (κ1) is 14.6. The number of aromatic nitrogens is 2. The number of aryl methyl sites for hydroxylation is 2. The molecule has 0 aliphatic carbocycles. The van der Waals surface area contributed by atoms with Crippen LogP contribution >= 0.6 is 0 Å². The van der Waals surface area contributed by atoms with Gasteiger partial charge in [-0.05, 0) is 38.5 Å². The molecule has 0 bridgehead atoms. The summed E-state index contributed by atoms with van der Waals surface area (Å²) in [5.41, 5.74) is 4.95. The predicted molar refractivity (Wildman–Crippen MR) is 88.8 cm³/mol. The Morgan fingerprint density at radius 3 is 2.55 bits per heavy atom. The normalized spacial score (nSPS) is 17.4. The minimum Gasteiger partial charge on any atom is -0.359 e. The minimum absolute atomic E-state index is 0.327. The van der Waals surface area contributed by atoms with E-state index in [1.165, 1.54) is 22.5 Å². The van der Waals surface area contributed by atoms with E-state index in [1.54, 1.807) is 0 Å². The van der Waals surface area contributed by atoms with Crippen LogP contribution in [0.25, 0.3) is 5.69 Å². The van der Waals surface area contributed by atoms with E-state index in [-0.39, 0.29) is 0 Å². The van der Waals surface area contributed by atoms with Gasteiger partial charge in [-0.1, -0.05) is 4.98 Å². The maximum absolute atomic E-state index is 4.41. The Balaban J connectivity index is 2.15. The van der Waals surface area contributed by atoms with E-state index in [1.807, 2.05) is 19.2 Å². The third-order valence-corrected chi connectivity index (χ3v) is 4.42. The van der Waals surface area contributed by atoms with Crippen molar-refractivity contribution in [2.75, 3.05) is 11.9 Å². The molecule has 0 saturated carbocycles. The minimum atomic E-state index is 0.327. The topological polar surface area (TPSA) is 23.2 Å². The van der Waals surface area contributed by atoms with Gasteiger partial charge in [0, 0.05) is 43.7 Å². The molecule has 3 rings (SSSR count). The van der Waals surface area contributed by atoms with Crippen molar-refractivity contribution in [2.24, 2.45) is 0 Å². The first-order chi connectivity index (χ1) is 10.5. The van der Waals surface area contributed by atoms with Crippen LogP contribution in [0.3, 0.4) is 0 Å². The Morgan fingerprint density at radius 2 is 1.91 bits per heavy atom. The average Bonchev–Trinajstić information content (AvgIpc) is 2.82. The molecule has 0 saturated heterocycles. The fraction of sp³-hybridized carbons (Fsp3) is 0.333. The van der Waals surface area contributed by atoms with E-state index in [0.717, 1.165) is 5.82 Å². The summed E-state index contributed by atoms with van der Waals surface area (Å²) in [7, 11) is 2.10. The molecule has 4 nitrogen and oxygen atoms in total. The highest BCUT2D eigenvalue weighted by Gasteiger charge is 2.24. The Morgan fingerprint density at radius 1 is 1.14 bits per heavy atom. The molecule has 0 amide bonds. The Hall–Kier alpha value is -2.36. The second-order valence-electron chi connectivity index (χ2n) is 5.97. The van der Waals surface area contributed by atoms with Crippen LogP contribution in [0.15, 0.2) is 43.0 Å². The Bertz CT molecular complexity index is 736. The van der Waals surface area contributed by atoms with Gasteiger partial charge in [0.05, 0.1) is 0 Å². The summed E-state index contributed by atoms with van der Waals surface area (Å²) >= 11 is 0. The van der Waals surface area contributed by atoms with Crippen LogP contribution in [0.4, 0.5) is 5.69 Å². The van der Waals surface area contributed by atoms with Crippen molar-refractivity contribution in [1.82, 2.24) is 9.88 Å². The highest BCUT2D eigenvalue weighted by atomic mass is 15.4. The molecule has 1 aromatic carbocycles. The maximum Gasteiger partial charge on any atom is 0.300 e. The summed E-state index contributed by atoms with van der Waals surface area (Å²) in [5.74, 6) is 0.990. The molecule has 0 fully saturated rings. The van der Waals surface area contributed by atoms with Gasteiger partial charge in [0.25, 0.3) is 5.82 Å². The number of anilines is 1. The first-order valence-corrected chi connectivity index (χ1v) is 7.62. The fourth-order valence-corrected chi connectivity index (χ4v) is 2.94. The van der Waals surface area contributed by atoms with Crippen LogP contribution in [0.5, 0.6) is 0 Å². The molecular formula is C18H23N4+. The highest BCUT2D eigenvalue weighted by Crippen LogP contribution is 2.30. The van der Waals surface area contributed by atoms with Gasteiger partial charge in [0.2, 0.25) is 0 Å². The number of hydrogen-bond acceptors (Lipinski definition) is 3. The van der Waals surface area contributed by atoms with Crippen LogP contribution in [-0.4, -0.2) is 23.1 Å². The van der Waals surface area contributed by atoms with Gasteiger partial charge < -0.3 is 9.80 Å². The van der Waals surface area contributed by atoms with Crippen LogP contribution in [0.2, 0.25) is 0 Å². The van der Waals surface area contributed by atoms with Gasteiger partial charge in [-0.3, -0.25) is 0 Å². The van der Waals surface area contributed by atoms with E-state index in [0.29, 0.717) is 6.17 Å². The first-order valence-electron chi connectivity index (χ1n) is 7.62. The van der Waals surface area contributed by atoms with Crippen molar-refractivity contribution in [2.45, 2.75) is 33.9 Å². The standard InChI is InChI=1S/C18H23N4/c1-13-11-17(21-8-6-7-19-15(21)3)14(2)18(12-13)22-10-9-20(5)16(22)4/h6-12,16H,1-5H3/q+1/t16-/m1/s1.